The van der Waals surface area contributed by atoms with Gasteiger partial charge in [0.25, 0.3) is 0 Å². The van der Waals surface area contributed by atoms with Gasteiger partial charge in [0.05, 0.1) is 18.3 Å². The van der Waals surface area contributed by atoms with Crippen molar-refractivity contribution in [1.29, 1.82) is 0 Å². The Hall–Kier alpha value is -1.81. The van der Waals surface area contributed by atoms with E-state index < -0.39 is 36.3 Å². The molecular weight excluding hydrogens is 540 g/mol. The minimum Gasteiger partial charge on any atom is -0.463 e. The lowest BCUT2D eigenvalue weighted by Crippen LogP contribution is -2.25. The third-order valence-corrected chi connectivity index (χ3v) is 7.98. The molecule has 0 spiro atoms. The minimum absolute atomic E-state index is 0.0443. The summed E-state index contributed by atoms with van der Waals surface area (Å²) in [5, 5.41) is 40.9. The van der Waals surface area contributed by atoms with Gasteiger partial charge in [0.2, 0.25) is 0 Å². The van der Waals surface area contributed by atoms with Gasteiger partial charge in [-0.15, -0.1) is 0 Å². The van der Waals surface area contributed by atoms with Gasteiger partial charge in [0, 0.05) is 43.9 Å². The summed E-state index contributed by atoms with van der Waals surface area (Å²) in [5.41, 5.74) is 0. The summed E-state index contributed by atoms with van der Waals surface area (Å²) in [5.74, 6) is -1.68. The van der Waals surface area contributed by atoms with Crippen LogP contribution in [-0.4, -0.2) is 75.8 Å². The molecule has 0 saturated heterocycles. The monoisotopic (exact) mass is 598 g/mol. The van der Waals surface area contributed by atoms with Gasteiger partial charge in [-0.25, -0.2) is 0 Å². The summed E-state index contributed by atoms with van der Waals surface area (Å²) >= 11 is 0. The molecule has 1 aliphatic carbocycles. The number of esters is 2. The van der Waals surface area contributed by atoms with Crippen LogP contribution in [0.2, 0.25) is 0 Å². The Labute approximate surface area is 253 Å². The number of ether oxygens (including phenoxy) is 2. The van der Waals surface area contributed by atoms with E-state index in [2.05, 4.69) is 13.8 Å². The van der Waals surface area contributed by atoms with Gasteiger partial charge in [-0.05, 0) is 25.7 Å². The quantitative estimate of drug-likeness (QED) is 0.0650. The van der Waals surface area contributed by atoms with E-state index >= 15 is 0 Å². The molecule has 0 amide bonds. The number of hydrogen-bond donors (Lipinski definition) is 4. The standard InChI is InChI=1S/C33H58O9/c1-3-5-7-8-9-10-12-17-32(39)41-23-27(36)24-42-33(40)18-14-13-16-26(35)21-29-28(30(37)22-31(29)38)20-19-25(34)15-11-6-4-2/h19-20,25,27-31,34,36-38H,3-18,21-24H2,1-2H3/b20-19+/t25-,27-,28+,29+,30+,31-/m0/s1. The Morgan fingerprint density at radius 3 is 1.88 bits per heavy atom. The van der Waals surface area contributed by atoms with Gasteiger partial charge in [-0.1, -0.05) is 83.8 Å². The fraction of sp³-hybridized carbons (Fsp3) is 0.848. The zero-order valence-electron chi connectivity index (χ0n) is 26.1. The molecule has 0 bridgehead atoms. The third-order valence-electron chi connectivity index (χ3n) is 7.98. The number of unbranched alkanes of at least 4 members (excludes halogenated alkanes) is 9. The lowest BCUT2D eigenvalue weighted by molar-refractivity contribution is -0.152. The van der Waals surface area contributed by atoms with Gasteiger partial charge in [0.1, 0.15) is 25.1 Å². The van der Waals surface area contributed by atoms with Crippen molar-refractivity contribution in [2.24, 2.45) is 11.8 Å². The van der Waals surface area contributed by atoms with Crippen molar-refractivity contribution in [3.63, 3.8) is 0 Å². The van der Waals surface area contributed by atoms with E-state index in [9.17, 15) is 34.8 Å². The van der Waals surface area contributed by atoms with Gasteiger partial charge in [-0.2, -0.15) is 0 Å². The van der Waals surface area contributed by atoms with Crippen molar-refractivity contribution in [3.05, 3.63) is 12.2 Å². The second-order valence-corrected chi connectivity index (χ2v) is 11.9. The molecule has 1 fully saturated rings. The predicted molar refractivity (Wildman–Crippen MR) is 162 cm³/mol. The van der Waals surface area contributed by atoms with Crippen LogP contribution in [0.1, 0.15) is 129 Å². The van der Waals surface area contributed by atoms with Gasteiger partial charge in [0.15, 0.2) is 0 Å². The van der Waals surface area contributed by atoms with Crippen molar-refractivity contribution in [2.45, 2.75) is 154 Å². The molecule has 9 heteroatoms. The number of ketones is 1. The Bertz CT molecular complexity index is 769. The van der Waals surface area contributed by atoms with E-state index in [1.807, 2.05) is 0 Å². The summed E-state index contributed by atoms with van der Waals surface area (Å²) in [6, 6.07) is 0. The normalized spacial score (nSPS) is 21.9. The third kappa shape index (κ3) is 18.0. The van der Waals surface area contributed by atoms with Gasteiger partial charge >= 0.3 is 11.9 Å². The summed E-state index contributed by atoms with van der Waals surface area (Å²) in [4.78, 5) is 36.4. The number of aliphatic hydroxyl groups is 4. The Kier molecular flexibility index (Phi) is 21.5. The first-order valence-electron chi connectivity index (χ1n) is 16.4. The molecular formula is C33H58O9. The molecule has 0 radical (unpaired) electrons. The van der Waals surface area contributed by atoms with Crippen LogP contribution in [0.4, 0.5) is 0 Å². The van der Waals surface area contributed by atoms with Crippen LogP contribution in [0.25, 0.3) is 0 Å². The maximum atomic E-state index is 12.6. The number of aliphatic hydroxyl groups excluding tert-OH is 4. The first-order chi connectivity index (χ1) is 20.2. The Balaban J connectivity index is 2.19. The summed E-state index contributed by atoms with van der Waals surface area (Å²) in [6.07, 6.45) is 13.5. The van der Waals surface area contributed by atoms with Crippen LogP contribution in [0, 0.1) is 11.8 Å². The summed E-state index contributed by atoms with van der Waals surface area (Å²) < 4.78 is 10.1. The smallest absolute Gasteiger partial charge is 0.305 e. The molecule has 0 unspecified atom stereocenters. The predicted octanol–water partition coefficient (Wildman–Crippen LogP) is 4.95. The molecule has 0 aromatic rings. The Morgan fingerprint density at radius 2 is 1.26 bits per heavy atom. The van der Waals surface area contributed by atoms with Crippen molar-refractivity contribution < 1.29 is 44.3 Å². The summed E-state index contributed by atoms with van der Waals surface area (Å²) in [7, 11) is 0. The maximum Gasteiger partial charge on any atom is 0.305 e. The molecule has 1 aliphatic rings. The van der Waals surface area contributed by atoms with Gasteiger partial charge in [-0.3, -0.25) is 14.4 Å². The first kappa shape index (κ1) is 38.2. The molecule has 1 saturated carbocycles. The van der Waals surface area contributed by atoms with Crippen LogP contribution in [0.3, 0.4) is 0 Å². The zero-order valence-corrected chi connectivity index (χ0v) is 26.1. The molecule has 6 atom stereocenters. The average Bonchev–Trinajstić information content (AvgIpc) is 3.22. The molecule has 0 aliphatic heterocycles. The van der Waals surface area contributed by atoms with Gasteiger partial charge < -0.3 is 29.9 Å². The lowest BCUT2D eigenvalue weighted by Gasteiger charge is -2.20. The lowest BCUT2D eigenvalue weighted by atomic mass is 9.87. The van der Waals surface area contributed by atoms with Crippen LogP contribution in [0.15, 0.2) is 12.2 Å². The molecule has 0 heterocycles. The Morgan fingerprint density at radius 1 is 0.738 bits per heavy atom. The second-order valence-electron chi connectivity index (χ2n) is 11.9. The van der Waals surface area contributed by atoms with E-state index in [-0.39, 0.29) is 56.6 Å². The SMILES string of the molecule is CCCCCCCCCC(=O)OC[C@H](O)COC(=O)CCCCC(=O)C[C@@H]1[C@@H](/C=C/[C@@H](O)CCCCC)[C@H](O)C[C@@H]1O. The number of hydrogen-bond acceptors (Lipinski definition) is 9. The minimum atomic E-state index is -1.08. The molecule has 244 valence electrons. The number of carbonyl (C=O) groups is 3. The van der Waals surface area contributed by atoms with Crippen molar-refractivity contribution >= 4 is 17.7 Å². The molecule has 0 aromatic carbocycles. The van der Waals surface area contributed by atoms with E-state index in [0.29, 0.717) is 25.7 Å². The average molecular weight is 599 g/mol. The van der Waals surface area contributed by atoms with E-state index in [1.54, 1.807) is 12.2 Å². The maximum absolute atomic E-state index is 12.6. The molecule has 0 aromatic heterocycles. The zero-order chi connectivity index (χ0) is 31.2. The highest BCUT2D eigenvalue weighted by molar-refractivity contribution is 5.79. The fourth-order valence-corrected chi connectivity index (χ4v) is 5.37. The van der Waals surface area contributed by atoms with Crippen LogP contribution in [0.5, 0.6) is 0 Å². The largest absolute Gasteiger partial charge is 0.463 e. The highest BCUT2D eigenvalue weighted by atomic mass is 16.6. The van der Waals surface area contributed by atoms with Crippen LogP contribution < -0.4 is 0 Å². The highest BCUT2D eigenvalue weighted by Crippen LogP contribution is 2.36. The first-order valence-corrected chi connectivity index (χ1v) is 16.4. The fourth-order valence-electron chi connectivity index (χ4n) is 5.37. The van der Waals surface area contributed by atoms with Crippen LogP contribution in [-0.2, 0) is 23.9 Å². The number of Topliss-reactive ketones (excluding diaryl/α,β-unsaturated/α-hetero) is 1. The topological polar surface area (TPSA) is 151 Å². The van der Waals surface area contributed by atoms with E-state index in [1.165, 1.54) is 25.7 Å². The van der Waals surface area contributed by atoms with Crippen molar-refractivity contribution in [2.75, 3.05) is 13.2 Å². The number of rotatable bonds is 25. The molecule has 1 rings (SSSR count). The molecule has 4 N–H and O–H groups in total. The van der Waals surface area contributed by atoms with Crippen molar-refractivity contribution in [3.8, 4) is 0 Å². The van der Waals surface area contributed by atoms with Crippen molar-refractivity contribution in [1.82, 2.24) is 0 Å². The highest BCUT2D eigenvalue weighted by Gasteiger charge is 2.41. The second kappa shape index (κ2) is 23.6. The summed E-state index contributed by atoms with van der Waals surface area (Å²) in [6.45, 7) is 3.80. The van der Waals surface area contributed by atoms with Crippen LogP contribution >= 0.6 is 0 Å². The molecule has 9 nitrogen and oxygen atoms in total. The van der Waals surface area contributed by atoms with E-state index in [0.717, 1.165) is 38.5 Å². The number of carbonyl (C=O) groups excluding carboxylic acids is 3. The molecule has 42 heavy (non-hydrogen) atoms. The van der Waals surface area contributed by atoms with E-state index in [4.69, 9.17) is 9.47 Å².